The molecule has 0 atom stereocenters. The molecule has 0 aliphatic heterocycles. The molecule has 1 N–H and O–H groups in total. The van der Waals surface area contributed by atoms with Crippen LogP contribution in [0, 0.1) is 0 Å². The molecule has 0 radical (unpaired) electrons. The fourth-order valence-corrected chi connectivity index (χ4v) is 3.06. The molecule has 0 spiro atoms. The summed E-state index contributed by atoms with van der Waals surface area (Å²) in [7, 11) is 0. The molecule has 0 aliphatic carbocycles. The van der Waals surface area contributed by atoms with Gasteiger partial charge < -0.3 is 4.74 Å². The van der Waals surface area contributed by atoms with Crippen LogP contribution in [0.3, 0.4) is 0 Å². The van der Waals surface area contributed by atoms with Gasteiger partial charge in [-0.1, -0.05) is 0 Å². The molecular weight excluding hydrogens is 306 g/mol. The normalized spacial score (nSPS) is 11.3. The van der Waals surface area contributed by atoms with Crippen LogP contribution in [0.1, 0.15) is 35.5 Å². The number of esters is 1. The molecule has 0 saturated heterocycles. The van der Waals surface area contributed by atoms with Gasteiger partial charge in [0.1, 0.15) is 9.71 Å². The predicted molar refractivity (Wildman–Crippen MR) is 73.3 cm³/mol. The number of H-pyrrole nitrogens is 1. The molecule has 6 nitrogen and oxygen atoms in total. The number of nitrogens with one attached hydrogen (secondary N) is 1. The summed E-state index contributed by atoms with van der Waals surface area (Å²) in [6.45, 7) is 3.14. The van der Waals surface area contributed by atoms with Crippen LogP contribution in [-0.2, 0) is 11.3 Å². The third kappa shape index (κ3) is 2.48. The fourth-order valence-electron chi connectivity index (χ4n) is 1.98. The Kier molecular flexibility index (Phi) is 4.21. The number of fused-ring (bicyclic) bond motifs is 1. The molecule has 2 heterocycles. The lowest BCUT2D eigenvalue weighted by molar-refractivity contribution is 0.0522. The highest BCUT2D eigenvalue weighted by molar-refractivity contribution is 7.20. The first-order chi connectivity index (χ1) is 9.92. The van der Waals surface area contributed by atoms with Gasteiger partial charge in [-0.15, -0.1) is 11.3 Å². The number of thiophene rings is 1. The Labute approximate surface area is 121 Å². The monoisotopic (exact) mass is 318 g/mol. The number of aromatic nitrogens is 2. The second kappa shape index (κ2) is 5.76. The lowest BCUT2D eigenvalue weighted by Gasteiger charge is -2.04. The van der Waals surface area contributed by atoms with E-state index in [0.717, 1.165) is 4.57 Å². The van der Waals surface area contributed by atoms with Crippen molar-refractivity contribution in [3.05, 3.63) is 31.3 Å². The minimum Gasteiger partial charge on any atom is -0.462 e. The summed E-state index contributed by atoms with van der Waals surface area (Å²) in [6.07, 6.45) is -3.03. The van der Waals surface area contributed by atoms with Gasteiger partial charge in [-0.25, -0.2) is 18.4 Å². The van der Waals surface area contributed by atoms with E-state index in [-0.39, 0.29) is 28.2 Å². The molecule has 0 amide bonds. The molecule has 0 fully saturated rings. The summed E-state index contributed by atoms with van der Waals surface area (Å²) < 4.78 is 32.0. The van der Waals surface area contributed by atoms with Crippen LogP contribution < -0.4 is 11.2 Å². The van der Waals surface area contributed by atoms with Gasteiger partial charge in [-0.3, -0.25) is 14.3 Å². The lowest BCUT2D eigenvalue weighted by Crippen LogP contribution is -2.34. The maximum absolute atomic E-state index is 13.3. The van der Waals surface area contributed by atoms with Crippen molar-refractivity contribution in [2.45, 2.75) is 26.8 Å². The zero-order valence-corrected chi connectivity index (χ0v) is 12.1. The van der Waals surface area contributed by atoms with Crippen molar-refractivity contribution in [2.75, 3.05) is 6.61 Å². The summed E-state index contributed by atoms with van der Waals surface area (Å²) in [5.74, 6) is -0.933. The summed E-state index contributed by atoms with van der Waals surface area (Å²) in [4.78, 5) is 37.5. The van der Waals surface area contributed by atoms with E-state index < -0.39 is 29.2 Å². The SMILES string of the molecule is CCOC(=O)c1sc2[nH]c(=O)n(CC)c(=O)c2c1C(F)F. The number of halogens is 2. The highest BCUT2D eigenvalue weighted by Gasteiger charge is 2.28. The summed E-state index contributed by atoms with van der Waals surface area (Å²) in [6, 6.07) is 0. The Morgan fingerprint density at radius 1 is 1.38 bits per heavy atom. The van der Waals surface area contributed by atoms with Gasteiger partial charge in [-0.05, 0) is 13.8 Å². The maximum Gasteiger partial charge on any atom is 0.348 e. The first-order valence-corrected chi connectivity index (χ1v) is 6.98. The predicted octanol–water partition coefficient (Wildman–Crippen LogP) is 1.89. The van der Waals surface area contributed by atoms with Crippen molar-refractivity contribution in [1.82, 2.24) is 9.55 Å². The molecule has 0 saturated carbocycles. The van der Waals surface area contributed by atoms with E-state index in [4.69, 9.17) is 4.74 Å². The molecule has 21 heavy (non-hydrogen) atoms. The molecular formula is C12H12F2N2O4S. The number of ether oxygens (including phenoxy) is 1. The van der Waals surface area contributed by atoms with Crippen molar-refractivity contribution in [3.8, 4) is 0 Å². The minimum atomic E-state index is -3.03. The second-order valence-corrected chi connectivity index (χ2v) is 5.07. The number of nitrogens with zero attached hydrogens (tertiary/aromatic N) is 1. The van der Waals surface area contributed by atoms with Gasteiger partial charge in [0.05, 0.1) is 17.6 Å². The molecule has 0 unspecified atom stereocenters. The van der Waals surface area contributed by atoms with Gasteiger partial charge in [-0.2, -0.15) is 0 Å². The third-order valence-electron chi connectivity index (χ3n) is 2.87. The number of hydrogen-bond donors (Lipinski definition) is 1. The van der Waals surface area contributed by atoms with E-state index in [2.05, 4.69) is 4.98 Å². The van der Waals surface area contributed by atoms with Crippen molar-refractivity contribution in [2.24, 2.45) is 0 Å². The smallest absolute Gasteiger partial charge is 0.348 e. The molecule has 0 aliphatic rings. The van der Waals surface area contributed by atoms with E-state index in [9.17, 15) is 23.2 Å². The average molecular weight is 318 g/mol. The number of rotatable bonds is 4. The van der Waals surface area contributed by atoms with Crippen molar-refractivity contribution >= 4 is 27.5 Å². The summed E-state index contributed by atoms with van der Waals surface area (Å²) in [5.41, 5.74) is -2.22. The van der Waals surface area contributed by atoms with Crippen molar-refractivity contribution in [3.63, 3.8) is 0 Å². The topological polar surface area (TPSA) is 81.2 Å². The van der Waals surface area contributed by atoms with Crippen LogP contribution in [-0.4, -0.2) is 22.1 Å². The number of carbonyl (C=O) groups is 1. The Hall–Kier alpha value is -2.03. The van der Waals surface area contributed by atoms with E-state index in [1.807, 2.05) is 0 Å². The Morgan fingerprint density at radius 3 is 2.57 bits per heavy atom. The van der Waals surface area contributed by atoms with Crippen LogP contribution in [0.4, 0.5) is 8.78 Å². The third-order valence-corrected chi connectivity index (χ3v) is 3.97. The Bertz CT molecular complexity index is 806. The molecule has 2 aromatic rings. The van der Waals surface area contributed by atoms with E-state index in [1.165, 1.54) is 0 Å². The fraction of sp³-hybridized carbons (Fsp3) is 0.417. The van der Waals surface area contributed by atoms with Gasteiger partial charge in [0.25, 0.3) is 12.0 Å². The van der Waals surface area contributed by atoms with Gasteiger partial charge in [0.2, 0.25) is 0 Å². The number of carbonyl (C=O) groups excluding carboxylic acids is 1. The van der Waals surface area contributed by atoms with Crippen molar-refractivity contribution < 1.29 is 18.3 Å². The Balaban J connectivity index is 2.88. The zero-order valence-electron chi connectivity index (χ0n) is 11.2. The lowest BCUT2D eigenvalue weighted by atomic mass is 10.2. The maximum atomic E-state index is 13.3. The molecule has 0 aromatic carbocycles. The standard InChI is InChI=1S/C12H12F2N2O4S/c1-3-16-10(17)6-5(8(13)14)7(11(18)20-4-2)21-9(6)15-12(16)19/h8H,3-4H2,1-2H3,(H,15,19). The van der Waals surface area contributed by atoms with Crippen LogP contribution >= 0.6 is 11.3 Å². The van der Waals surface area contributed by atoms with Crippen LogP contribution in [0.5, 0.6) is 0 Å². The average Bonchev–Trinajstić information content (AvgIpc) is 2.79. The Morgan fingerprint density at radius 2 is 2.05 bits per heavy atom. The van der Waals surface area contributed by atoms with Gasteiger partial charge >= 0.3 is 11.7 Å². The zero-order chi connectivity index (χ0) is 15.7. The van der Waals surface area contributed by atoms with Gasteiger partial charge in [0, 0.05) is 6.54 Å². The first kappa shape index (κ1) is 15.4. The van der Waals surface area contributed by atoms with E-state index >= 15 is 0 Å². The second-order valence-electron chi connectivity index (χ2n) is 4.05. The van der Waals surface area contributed by atoms with Crippen LogP contribution in [0.25, 0.3) is 10.2 Å². The van der Waals surface area contributed by atoms with Crippen LogP contribution in [0.2, 0.25) is 0 Å². The highest BCUT2D eigenvalue weighted by Crippen LogP contribution is 2.35. The molecule has 114 valence electrons. The molecule has 2 aromatic heterocycles. The molecule has 9 heteroatoms. The largest absolute Gasteiger partial charge is 0.462 e. The highest BCUT2D eigenvalue weighted by atomic mass is 32.1. The molecule has 0 bridgehead atoms. The van der Waals surface area contributed by atoms with Crippen LogP contribution in [0.15, 0.2) is 9.59 Å². The summed E-state index contributed by atoms with van der Waals surface area (Å²) >= 11 is 0.624. The number of aromatic amines is 1. The van der Waals surface area contributed by atoms with E-state index in [0.29, 0.717) is 11.3 Å². The first-order valence-electron chi connectivity index (χ1n) is 6.17. The van der Waals surface area contributed by atoms with Crippen molar-refractivity contribution in [1.29, 1.82) is 0 Å². The quantitative estimate of drug-likeness (QED) is 0.873. The van der Waals surface area contributed by atoms with E-state index in [1.54, 1.807) is 13.8 Å². The van der Waals surface area contributed by atoms with Gasteiger partial charge in [0.15, 0.2) is 0 Å². The summed E-state index contributed by atoms with van der Waals surface area (Å²) in [5, 5.41) is -0.334. The minimum absolute atomic E-state index is 0.0193. The number of hydrogen-bond acceptors (Lipinski definition) is 5. The molecule has 2 rings (SSSR count). The number of alkyl halides is 2.